The van der Waals surface area contributed by atoms with Gasteiger partial charge in [-0.15, -0.1) is 0 Å². The van der Waals surface area contributed by atoms with Crippen LogP contribution in [0.5, 0.6) is 5.75 Å². The number of hydrogen-bond donors (Lipinski definition) is 1. The standard InChI is InChI=1S/C21H24N2O2/c1-15(23-11-3-2-4-12-23)16-5-7-17(8-6-16)18-9-10-20-19(13-18)22-21(24)14-25-20/h5-10,13,15H,2-4,11-12,14H2,1H3,(H,22,24)/t15-/m1/s1. The molecule has 4 nitrogen and oxygen atoms in total. The monoisotopic (exact) mass is 336 g/mol. The topological polar surface area (TPSA) is 41.6 Å². The molecule has 4 rings (SSSR count). The molecule has 2 aromatic rings. The number of anilines is 1. The molecule has 0 spiro atoms. The van der Waals surface area contributed by atoms with E-state index >= 15 is 0 Å². The zero-order valence-corrected chi connectivity index (χ0v) is 14.6. The SMILES string of the molecule is C[C@H](c1ccc(-c2ccc3c(c2)NC(=O)CO3)cc1)N1CCCCC1. The summed E-state index contributed by atoms with van der Waals surface area (Å²) in [4.78, 5) is 14.1. The minimum atomic E-state index is -0.102. The molecule has 2 aliphatic heterocycles. The van der Waals surface area contributed by atoms with Crippen LogP contribution >= 0.6 is 0 Å². The lowest BCUT2D eigenvalue weighted by Gasteiger charge is -2.32. The molecule has 0 unspecified atom stereocenters. The maximum absolute atomic E-state index is 11.5. The normalized spacial score (nSPS) is 18.8. The van der Waals surface area contributed by atoms with Crippen molar-refractivity contribution in [3.05, 3.63) is 48.0 Å². The molecule has 4 heteroatoms. The zero-order valence-electron chi connectivity index (χ0n) is 14.6. The Bertz CT molecular complexity index is 764. The van der Waals surface area contributed by atoms with Gasteiger partial charge in [0.15, 0.2) is 6.61 Å². The summed E-state index contributed by atoms with van der Waals surface area (Å²) in [5, 5.41) is 2.87. The second kappa shape index (κ2) is 6.89. The molecule has 1 saturated heterocycles. The summed E-state index contributed by atoms with van der Waals surface area (Å²) < 4.78 is 5.43. The van der Waals surface area contributed by atoms with Crippen molar-refractivity contribution in [2.24, 2.45) is 0 Å². The predicted molar refractivity (Wildman–Crippen MR) is 99.8 cm³/mol. The number of ether oxygens (including phenoxy) is 1. The van der Waals surface area contributed by atoms with E-state index in [1.165, 1.54) is 37.9 Å². The summed E-state index contributed by atoms with van der Waals surface area (Å²) in [6, 6.07) is 15.2. The molecule has 2 aromatic carbocycles. The van der Waals surface area contributed by atoms with Gasteiger partial charge in [-0.25, -0.2) is 0 Å². The van der Waals surface area contributed by atoms with E-state index < -0.39 is 0 Å². The van der Waals surface area contributed by atoms with Crippen LogP contribution in [0.15, 0.2) is 42.5 Å². The van der Waals surface area contributed by atoms with E-state index in [0.29, 0.717) is 6.04 Å². The Labute approximate surface area is 148 Å². The molecule has 0 radical (unpaired) electrons. The number of amides is 1. The number of hydrogen-bond acceptors (Lipinski definition) is 3. The lowest BCUT2D eigenvalue weighted by molar-refractivity contribution is -0.118. The first-order valence-corrected chi connectivity index (χ1v) is 9.12. The molecule has 25 heavy (non-hydrogen) atoms. The Balaban J connectivity index is 1.54. The molecule has 1 atom stereocenters. The van der Waals surface area contributed by atoms with Crippen molar-refractivity contribution in [3.63, 3.8) is 0 Å². The van der Waals surface area contributed by atoms with Gasteiger partial charge in [0.05, 0.1) is 5.69 Å². The molecule has 1 N–H and O–H groups in total. The van der Waals surface area contributed by atoms with Gasteiger partial charge >= 0.3 is 0 Å². The van der Waals surface area contributed by atoms with E-state index in [-0.39, 0.29) is 12.5 Å². The van der Waals surface area contributed by atoms with Gasteiger partial charge in [0, 0.05) is 6.04 Å². The van der Waals surface area contributed by atoms with Gasteiger partial charge in [-0.2, -0.15) is 0 Å². The Morgan fingerprint density at radius 2 is 1.72 bits per heavy atom. The Morgan fingerprint density at radius 1 is 1.00 bits per heavy atom. The number of rotatable bonds is 3. The third kappa shape index (κ3) is 3.40. The molecule has 2 aliphatic rings. The minimum absolute atomic E-state index is 0.0927. The number of carbonyl (C=O) groups excluding carboxylic acids is 1. The van der Waals surface area contributed by atoms with E-state index in [4.69, 9.17) is 4.74 Å². The van der Waals surface area contributed by atoms with Gasteiger partial charge < -0.3 is 10.1 Å². The highest BCUT2D eigenvalue weighted by Crippen LogP contribution is 2.33. The molecule has 2 heterocycles. The molecule has 0 saturated carbocycles. The largest absolute Gasteiger partial charge is 0.482 e. The third-order valence-corrected chi connectivity index (χ3v) is 5.28. The summed E-state index contributed by atoms with van der Waals surface area (Å²) >= 11 is 0. The summed E-state index contributed by atoms with van der Waals surface area (Å²) in [5.74, 6) is 0.633. The quantitative estimate of drug-likeness (QED) is 0.912. The third-order valence-electron chi connectivity index (χ3n) is 5.28. The van der Waals surface area contributed by atoms with Crippen LogP contribution in [0.3, 0.4) is 0 Å². The molecule has 1 amide bonds. The van der Waals surface area contributed by atoms with Crippen LogP contribution in [-0.2, 0) is 4.79 Å². The summed E-state index contributed by atoms with van der Waals surface area (Å²) in [6.45, 7) is 4.79. The van der Waals surface area contributed by atoms with Gasteiger partial charge in [-0.3, -0.25) is 9.69 Å². The van der Waals surface area contributed by atoms with E-state index in [1.807, 2.05) is 18.2 Å². The van der Waals surface area contributed by atoms with E-state index in [9.17, 15) is 4.79 Å². The lowest BCUT2D eigenvalue weighted by atomic mass is 9.99. The predicted octanol–water partition coefficient (Wildman–Crippen LogP) is 4.23. The van der Waals surface area contributed by atoms with Crippen LogP contribution in [0.4, 0.5) is 5.69 Å². The van der Waals surface area contributed by atoms with Gasteiger partial charge in [-0.05, 0) is 61.7 Å². The van der Waals surface area contributed by atoms with Gasteiger partial charge in [0.25, 0.3) is 5.91 Å². The van der Waals surface area contributed by atoms with Crippen molar-refractivity contribution in [3.8, 4) is 16.9 Å². The maximum Gasteiger partial charge on any atom is 0.262 e. The molecule has 0 aromatic heterocycles. The van der Waals surface area contributed by atoms with Crippen LogP contribution in [0.1, 0.15) is 37.8 Å². The van der Waals surface area contributed by atoms with E-state index in [1.54, 1.807) is 0 Å². The van der Waals surface area contributed by atoms with Crippen LogP contribution in [-0.4, -0.2) is 30.5 Å². The Hall–Kier alpha value is -2.33. The highest BCUT2D eigenvalue weighted by atomic mass is 16.5. The first-order chi connectivity index (χ1) is 12.2. The number of benzene rings is 2. The van der Waals surface area contributed by atoms with Crippen LogP contribution < -0.4 is 10.1 Å². The summed E-state index contributed by atoms with van der Waals surface area (Å²) in [5.41, 5.74) is 4.35. The molecule has 0 bridgehead atoms. The number of fused-ring (bicyclic) bond motifs is 1. The number of piperidine rings is 1. The van der Waals surface area contributed by atoms with Gasteiger partial charge in [0.2, 0.25) is 0 Å². The number of nitrogens with one attached hydrogen (secondary N) is 1. The number of likely N-dealkylation sites (tertiary alicyclic amines) is 1. The van der Waals surface area contributed by atoms with Crippen molar-refractivity contribution in [1.29, 1.82) is 0 Å². The van der Waals surface area contributed by atoms with Crippen molar-refractivity contribution in [1.82, 2.24) is 4.90 Å². The highest BCUT2D eigenvalue weighted by Gasteiger charge is 2.19. The second-order valence-electron chi connectivity index (χ2n) is 6.94. The average molecular weight is 336 g/mol. The molecule has 0 aliphatic carbocycles. The van der Waals surface area contributed by atoms with Crippen LogP contribution in [0.25, 0.3) is 11.1 Å². The fraction of sp³-hybridized carbons (Fsp3) is 0.381. The van der Waals surface area contributed by atoms with Crippen molar-refractivity contribution >= 4 is 11.6 Å². The average Bonchev–Trinajstić information content (AvgIpc) is 2.67. The summed E-state index contributed by atoms with van der Waals surface area (Å²) in [7, 11) is 0. The molecule has 1 fully saturated rings. The Morgan fingerprint density at radius 3 is 2.48 bits per heavy atom. The molecule has 130 valence electrons. The zero-order chi connectivity index (χ0) is 17.2. The maximum atomic E-state index is 11.5. The Kier molecular flexibility index (Phi) is 4.45. The van der Waals surface area contributed by atoms with E-state index in [0.717, 1.165) is 22.6 Å². The first kappa shape index (κ1) is 16.2. The number of nitrogens with zero attached hydrogens (tertiary/aromatic N) is 1. The van der Waals surface area contributed by atoms with Crippen molar-refractivity contribution in [2.75, 3.05) is 25.0 Å². The molecular formula is C21H24N2O2. The van der Waals surface area contributed by atoms with Gasteiger partial charge in [0.1, 0.15) is 5.75 Å². The van der Waals surface area contributed by atoms with Gasteiger partial charge in [-0.1, -0.05) is 36.8 Å². The first-order valence-electron chi connectivity index (χ1n) is 9.12. The highest BCUT2D eigenvalue weighted by molar-refractivity contribution is 5.96. The second-order valence-corrected chi connectivity index (χ2v) is 6.94. The molecular weight excluding hydrogens is 312 g/mol. The van der Waals surface area contributed by atoms with Crippen LogP contribution in [0, 0.1) is 0 Å². The van der Waals surface area contributed by atoms with Crippen molar-refractivity contribution in [2.45, 2.75) is 32.2 Å². The smallest absolute Gasteiger partial charge is 0.262 e. The lowest BCUT2D eigenvalue weighted by Crippen LogP contribution is -2.32. The number of carbonyl (C=O) groups is 1. The fourth-order valence-corrected chi connectivity index (χ4v) is 3.73. The van der Waals surface area contributed by atoms with E-state index in [2.05, 4.69) is 41.4 Å². The van der Waals surface area contributed by atoms with Crippen LogP contribution in [0.2, 0.25) is 0 Å². The summed E-state index contributed by atoms with van der Waals surface area (Å²) in [6.07, 6.45) is 3.98. The minimum Gasteiger partial charge on any atom is -0.482 e. The van der Waals surface area contributed by atoms with Crippen molar-refractivity contribution < 1.29 is 9.53 Å². The fourth-order valence-electron chi connectivity index (χ4n) is 3.73.